The Morgan fingerprint density at radius 3 is 2.33 bits per heavy atom. The van der Waals surface area contributed by atoms with Crippen molar-refractivity contribution in [2.45, 2.75) is 45.2 Å². The molecule has 2 fully saturated rings. The van der Waals surface area contributed by atoms with Gasteiger partial charge >= 0.3 is 5.97 Å². The molecule has 4 atom stereocenters. The molecule has 0 unspecified atom stereocenters. The van der Waals surface area contributed by atoms with Gasteiger partial charge in [0.2, 0.25) is 11.8 Å². The Kier molecular flexibility index (Phi) is 7.00. The molecule has 0 spiro atoms. The lowest BCUT2D eigenvalue weighted by molar-refractivity contribution is -0.155. The van der Waals surface area contributed by atoms with E-state index in [4.69, 9.17) is 4.74 Å². The molecule has 8 heteroatoms. The number of anilines is 2. The topological polar surface area (TPSA) is 96.0 Å². The second kappa shape index (κ2) is 9.85. The Morgan fingerprint density at radius 1 is 1.06 bits per heavy atom. The summed E-state index contributed by atoms with van der Waals surface area (Å²) in [6.45, 7) is 5.26. The summed E-state index contributed by atoms with van der Waals surface area (Å²) in [5.74, 6) is -3.24. The third kappa shape index (κ3) is 4.09. The lowest BCUT2D eigenvalue weighted by Gasteiger charge is -2.32. The number of carbonyl (C=O) groups is 4. The Bertz CT molecular complexity index is 1190. The van der Waals surface area contributed by atoms with Crippen LogP contribution in [0.3, 0.4) is 0 Å². The van der Waals surface area contributed by atoms with Crippen molar-refractivity contribution in [3.8, 4) is 0 Å². The van der Waals surface area contributed by atoms with E-state index >= 15 is 0 Å². The normalized spacial score (nSPS) is 25.1. The van der Waals surface area contributed by atoms with Crippen LogP contribution in [0.1, 0.15) is 55.6 Å². The molecular weight excluding hydrogens is 458 g/mol. The van der Waals surface area contributed by atoms with Crippen LogP contribution in [0.2, 0.25) is 0 Å². The van der Waals surface area contributed by atoms with Gasteiger partial charge < -0.3 is 9.64 Å². The summed E-state index contributed by atoms with van der Waals surface area (Å²) in [7, 11) is 3.89. The van der Waals surface area contributed by atoms with Gasteiger partial charge in [0.15, 0.2) is 5.78 Å². The van der Waals surface area contributed by atoms with Gasteiger partial charge in [0.05, 0.1) is 24.1 Å². The Morgan fingerprint density at radius 2 is 1.75 bits per heavy atom. The predicted octanol–water partition coefficient (Wildman–Crippen LogP) is 3.51. The number of hydrogen-bond donors (Lipinski definition) is 1. The van der Waals surface area contributed by atoms with Crippen molar-refractivity contribution >= 4 is 34.9 Å². The van der Waals surface area contributed by atoms with Gasteiger partial charge in [0, 0.05) is 31.4 Å². The smallest absolute Gasteiger partial charge is 0.327 e. The van der Waals surface area contributed by atoms with Gasteiger partial charge in [-0.25, -0.2) is 4.90 Å². The van der Waals surface area contributed by atoms with Gasteiger partial charge in [0.1, 0.15) is 5.54 Å². The molecule has 36 heavy (non-hydrogen) atoms. The third-order valence-electron chi connectivity index (χ3n) is 7.22. The molecule has 2 saturated heterocycles. The van der Waals surface area contributed by atoms with Gasteiger partial charge in [-0.3, -0.25) is 24.5 Å². The SMILES string of the molecule is CCC[C@]1(C(=O)OCC)N[C@H](c2ccc(N(C)C)cc2)[C@H]2C(=O)N(c3cccc(C(C)=O)c3)C(=O)[C@@H]21. The van der Waals surface area contributed by atoms with Gasteiger partial charge in [-0.05, 0) is 50.1 Å². The quantitative estimate of drug-likeness (QED) is 0.343. The van der Waals surface area contributed by atoms with E-state index in [9.17, 15) is 19.2 Å². The van der Waals surface area contributed by atoms with Gasteiger partial charge in [-0.15, -0.1) is 0 Å². The second-order valence-electron chi connectivity index (χ2n) is 9.67. The fourth-order valence-corrected chi connectivity index (χ4v) is 5.56. The van der Waals surface area contributed by atoms with Crippen LogP contribution in [0.5, 0.6) is 0 Å². The molecule has 2 aromatic carbocycles. The molecule has 0 aliphatic carbocycles. The van der Waals surface area contributed by atoms with Crippen LogP contribution >= 0.6 is 0 Å². The number of carbonyl (C=O) groups excluding carboxylic acids is 4. The number of imide groups is 1. The summed E-state index contributed by atoms with van der Waals surface area (Å²) in [6, 6.07) is 13.7. The molecule has 4 rings (SSSR count). The first-order chi connectivity index (χ1) is 17.2. The molecular formula is C28H33N3O5. The molecule has 0 radical (unpaired) electrons. The average molecular weight is 492 g/mol. The second-order valence-corrected chi connectivity index (χ2v) is 9.67. The van der Waals surface area contributed by atoms with Crippen LogP contribution in [-0.4, -0.2) is 49.8 Å². The molecule has 2 aliphatic heterocycles. The Balaban J connectivity index is 1.84. The van der Waals surface area contributed by atoms with Crippen LogP contribution in [0, 0.1) is 11.8 Å². The van der Waals surface area contributed by atoms with Crippen LogP contribution in [0.15, 0.2) is 48.5 Å². The lowest BCUT2D eigenvalue weighted by Crippen LogP contribution is -2.56. The minimum atomic E-state index is -1.33. The number of fused-ring (bicyclic) bond motifs is 1. The molecule has 2 aromatic rings. The van der Waals surface area contributed by atoms with E-state index in [2.05, 4.69) is 5.32 Å². The Hall–Kier alpha value is -3.52. The molecule has 0 aromatic heterocycles. The standard InChI is InChI=1S/C28H33N3O5/c1-6-15-28(27(35)36-7-2)23-22(24(29-28)18-11-13-20(14-12-18)30(4)5)25(33)31(26(23)34)21-10-8-9-19(16-21)17(3)32/h8-14,16,22-24,29H,6-7,15H2,1-5H3/t22-,23+,24+,28-/m0/s1. The zero-order valence-electron chi connectivity index (χ0n) is 21.4. The van der Waals surface area contributed by atoms with E-state index < -0.39 is 35.3 Å². The number of ketones is 1. The number of nitrogens with one attached hydrogen (secondary N) is 1. The van der Waals surface area contributed by atoms with E-state index in [-0.39, 0.29) is 18.3 Å². The largest absolute Gasteiger partial charge is 0.465 e. The van der Waals surface area contributed by atoms with Gasteiger partial charge in [0.25, 0.3) is 0 Å². The first kappa shape index (κ1) is 25.6. The maximum absolute atomic E-state index is 14.0. The number of hydrogen-bond acceptors (Lipinski definition) is 7. The molecule has 2 aliphatic rings. The highest BCUT2D eigenvalue weighted by Crippen LogP contribution is 2.51. The zero-order chi connectivity index (χ0) is 26.2. The van der Waals surface area contributed by atoms with Crippen molar-refractivity contribution in [2.24, 2.45) is 11.8 Å². The van der Waals surface area contributed by atoms with Crippen LogP contribution < -0.4 is 15.1 Å². The maximum Gasteiger partial charge on any atom is 0.327 e. The number of nitrogens with zero attached hydrogens (tertiary/aromatic N) is 2. The summed E-state index contributed by atoms with van der Waals surface area (Å²) < 4.78 is 5.47. The number of Topliss-reactive ketones (excluding diaryl/α,β-unsaturated/α-hetero) is 1. The minimum absolute atomic E-state index is 0.163. The van der Waals surface area contributed by atoms with E-state index in [0.717, 1.165) is 16.2 Å². The number of esters is 1. The predicted molar refractivity (Wildman–Crippen MR) is 137 cm³/mol. The van der Waals surface area contributed by atoms with Crippen molar-refractivity contribution in [1.29, 1.82) is 0 Å². The van der Waals surface area contributed by atoms with Crippen molar-refractivity contribution in [1.82, 2.24) is 5.32 Å². The van der Waals surface area contributed by atoms with Gasteiger partial charge in [-0.2, -0.15) is 0 Å². The molecule has 0 bridgehead atoms. The minimum Gasteiger partial charge on any atom is -0.465 e. The first-order valence-electron chi connectivity index (χ1n) is 12.4. The zero-order valence-corrected chi connectivity index (χ0v) is 21.4. The van der Waals surface area contributed by atoms with Crippen molar-refractivity contribution in [2.75, 3.05) is 30.5 Å². The first-order valence-corrected chi connectivity index (χ1v) is 12.4. The van der Waals surface area contributed by atoms with Crippen LogP contribution in [-0.2, 0) is 19.1 Å². The summed E-state index contributed by atoms with van der Waals surface area (Å²) in [5.41, 5.74) is 1.22. The fraction of sp³-hybridized carbons (Fsp3) is 0.429. The Labute approximate surface area is 211 Å². The van der Waals surface area contributed by atoms with E-state index in [1.807, 2.05) is 50.2 Å². The molecule has 8 nitrogen and oxygen atoms in total. The highest BCUT2D eigenvalue weighted by Gasteiger charge is 2.68. The van der Waals surface area contributed by atoms with Crippen molar-refractivity contribution in [3.63, 3.8) is 0 Å². The number of amides is 2. The van der Waals surface area contributed by atoms with E-state index in [0.29, 0.717) is 24.1 Å². The number of rotatable bonds is 8. The number of benzene rings is 2. The van der Waals surface area contributed by atoms with Crippen LogP contribution in [0.25, 0.3) is 0 Å². The monoisotopic (exact) mass is 491 g/mol. The molecule has 1 N–H and O–H groups in total. The van der Waals surface area contributed by atoms with Gasteiger partial charge in [-0.1, -0.05) is 37.6 Å². The fourth-order valence-electron chi connectivity index (χ4n) is 5.56. The van der Waals surface area contributed by atoms with Crippen LogP contribution in [0.4, 0.5) is 11.4 Å². The third-order valence-corrected chi connectivity index (χ3v) is 7.22. The van der Waals surface area contributed by atoms with E-state index in [1.54, 1.807) is 31.2 Å². The van der Waals surface area contributed by atoms with Crippen molar-refractivity contribution in [3.05, 3.63) is 59.7 Å². The summed E-state index contributed by atoms with van der Waals surface area (Å²) >= 11 is 0. The maximum atomic E-state index is 14.0. The van der Waals surface area contributed by atoms with E-state index in [1.165, 1.54) is 6.92 Å². The number of ether oxygens (including phenoxy) is 1. The molecule has 0 saturated carbocycles. The molecule has 2 heterocycles. The molecule has 190 valence electrons. The average Bonchev–Trinajstić information content (AvgIpc) is 3.33. The lowest BCUT2D eigenvalue weighted by atomic mass is 9.77. The summed E-state index contributed by atoms with van der Waals surface area (Å²) in [6.07, 6.45) is 0.961. The highest BCUT2D eigenvalue weighted by molar-refractivity contribution is 6.24. The highest BCUT2D eigenvalue weighted by atomic mass is 16.5. The summed E-state index contributed by atoms with van der Waals surface area (Å²) in [4.78, 5) is 56.4. The summed E-state index contributed by atoms with van der Waals surface area (Å²) in [5, 5.41) is 3.41. The molecule has 2 amide bonds. The van der Waals surface area contributed by atoms with Crippen molar-refractivity contribution < 1.29 is 23.9 Å².